The number of H-pyrrole nitrogens is 1. The summed E-state index contributed by atoms with van der Waals surface area (Å²) in [4.78, 5) is 24.1. The number of aromatic nitrogens is 3. The fraction of sp³-hybridized carbons (Fsp3) is 0.375. The van der Waals surface area contributed by atoms with E-state index in [0.29, 0.717) is 32.4 Å². The third kappa shape index (κ3) is 6.40. The fourth-order valence-electron chi connectivity index (χ4n) is 3.36. The van der Waals surface area contributed by atoms with Gasteiger partial charge in [-0.15, -0.1) is 0 Å². The number of halogens is 2. The van der Waals surface area contributed by atoms with Gasteiger partial charge in [0, 0.05) is 52.3 Å². The second-order valence-corrected chi connectivity index (χ2v) is 17.5. The van der Waals surface area contributed by atoms with Crippen LogP contribution in [0.1, 0.15) is 37.8 Å². The quantitative estimate of drug-likeness (QED) is 0.297. The molecule has 0 aliphatic carbocycles. The van der Waals surface area contributed by atoms with E-state index in [1.54, 1.807) is 30.3 Å². The lowest BCUT2D eigenvalue weighted by Crippen LogP contribution is -2.42. The Bertz CT molecular complexity index is 1380. The SMILES string of the molecule is CC(C)(C)[Si](C)(C)OC[C@@H](c1cc(Cl)cc(Cl)c1)c1c(-c2ccnc(S(C)(=O)=O)n2)cc[nH]c1=O. The predicted octanol–water partition coefficient (Wildman–Crippen LogP) is 5.70. The summed E-state index contributed by atoms with van der Waals surface area (Å²) in [6, 6.07) is 8.40. The van der Waals surface area contributed by atoms with Crippen molar-refractivity contribution in [2.75, 3.05) is 12.9 Å². The van der Waals surface area contributed by atoms with E-state index in [0.717, 1.165) is 6.26 Å². The van der Waals surface area contributed by atoms with Crippen molar-refractivity contribution in [3.8, 4) is 11.3 Å². The second kappa shape index (κ2) is 10.1. The molecule has 11 heteroatoms. The van der Waals surface area contributed by atoms with E-state index in [9.17, 15) is 13.2 Å². The van der Waals surface area contributed by atoms with Gasteiger partial charge in [0.2, 0.25) is 15.0 Å². The number of nitrogens with zero attached hydrogens (tertiary/aromatic N) is 2. The average Bonchev–Trinajstić information content (AvgIpc) is 2.73. The summed E-state index contributed by atoms with van der Waals surface area (Å²) in [5.41, 5.74) is 1.52. The molecule has 0 fully saturated rings. The highest BCUT2D eigenvalue weighted by molar-refractivity contribution is 7.90. The van der Waals surface area contributed by atoms with Gasteiger partial charge in [-0.05, 0) is 54.0 Å². The molecule has 2 aromatic heterocycles. The molecule has 0 unspecified atom stereocenters. The Kier molecular flexibility index (Phi) is 7.98. The maximum absolute atomic E-state index is 13.3. The Balaban J connectivity index is 2.24. The number of benzene rings is 1. The largest absolute Gasteiger partial charge is 0.416 e. The van der Waals surface area contributed by atoms with Crippen molar-refractivity contribution >= 4 is 41.4 Å². The number of nitrogens with one attached hydrogen (secondary N) is 1. The molecule has 1 aromatic carbocycles. The van der Waals surface area contributed by atoms with Crippen LogP contribution in [-0.4, -0.2) is 44.5 Å². The van der Waals surface area contributed by atoms with Gasteiger partial charge >= 0.3 is 0 Å². The van der Waals surface area contributed by atoms with Crippen LogP contribution in [0.2, 0.25) is 28.2 Å². The molecule has 0 saturated heterocycles. The smallest absolute Gasteiger partial charge is 0.252 e. The standard InChI is InChI=1S/C24H29Cl2N3O4SSi/c1-24(2,3)35(5,6)33-14-19(15-11-16(25)13-17(26)12-15)21-18(7-9-27-22(21)30)20-8-10-28-23(29-20)34(4,31)32/h7-13,19H,14H2,1-6H3,(H,27,30)/t19-/m0/s1. The third-order valence-electron chi connectivity index (χ3n) is 6.29. The van der Waals surface area contributed by atoms with E-state index >= 15 is 0 Å². The Hall–Kier alpha value is -2.04. The molecule has 3 rings (SSSR count). The molecule has 0 amide bonds. The van der Waals surface area contributed by atoms with Crippen LogP contribution in [0.25, 0.3) is 11.3 Å². The molecule has 0 bridgehead atoms. The highest BCUT2D eigenvalue weighted by atomic mass is 35.5. The van der Waals surface area contributed by atoms with Crippen molar-refractivity contribution in [1.82, 2.24) is 15.0 Å². The van der Waals surface area contributed by atoms with Crippen LogP contribution in [0.5, 0.6) is 0 Å². The summed E-state index contributed by atoms with van der Waals surface area (Å²) in [7, 11) is -5.84. The first-order valence-corrected chi connectivity index (χ1v) is 16.5. The normalized spacial score (nSPS) is 13.6. The molecule has 0 aliphatic heterocycles. The van der Waals surface area contributed by atoms with Crippen LogP contribution in [0.3, 0.4) is 0 Å². The zero-order chi connectivity index (χ0) is 26.2. The van der Waals surface area contributed by atoms with Gasteiger partial charge in [0.05, 0.1) is 5.69 Å². The first-order chi connectivity index (χ1) is 16.1. The van der Waals surface area contributed by atoms with Crippen molar-refractivity contribution in [3.63, 3.8) is 0 Å². The van der Waals surface area contributed by atoms with E-state index in [1.807, 2.05) is 0 Å². The predicted molar refractivity (Wildman–Crippen MR) is 143 cm³/mol. The number of pyridine rings is 1. The first kappa shape index (κ1) is 27.5. The van der Waals surface area contributed by atoms with Gasteiger partial charge in [-0.2, -0.15) is 0 Å². The van der Waals surface area contributed by atoms with Crippen molar-refractivity contribution in [3.05, 3.63) is 74.3 Å². The number of hydrogen-bond acceptors (Lipinski definition) is 6. The van der Waals surface area contributed by atoms with E-state index in [4.69, 9.17) is 27.6 Å². The van der Waals surface area contributed by atoms with Gasteiger partial charge in [0.25, 0.3) is 5.56 Å². The number of sulfone groups is 1. The van der Waals surface area contributed by atoms with Crippen LogP contribution >= 0.6 is 23.2 Å². The van der Waals surface area contributed by atoms with Crippen LogP contribution in [0.15, 0.2) is 52.7 Å². The van der Waals surface area contributed by atoms with Crippen molar-refractivity contribution in [2.45, 2.75) is 50.0 Å². The first-order valence-electron chi connectivity index (χ1n) is 10.9. The van der Waals surface area contributed by atoms with Gasteiger partial charge in [0.15, 0.2) is 8.32 Å². The van der Waals surface area contributed by atoms with Crippen LogP contribution in [0.4, 0.5) is 0 Å². The molecule has 35 heavy (non-hydrogen) atoms. The molecule has 1 atom stereocenters. The van der Waals surface area contributed by atoms with Gasteiger partial charge in [-0.25, -0.2) is 18.4 Å². The lowest BCUT2D eigenvalue weighted by molar-refractivity contribution is 0.275. The van der Waals surface area contributed by atoms with Crippen molar-refractivity contribution < 1.29 is 12.8 Å². The summed E-state index contributed by atoms with van der Waals surface area (Å²) in [5, 5.41) is 0.494. The van der Waals surface area contributed by atoms with Gasteiger partial charge in [-0.3, -0.25) is 4.79 Å². The topological polar surface area (TPSA) is 102 Å². The molecule has 0 saturated carbocycles. The molecule has 0 radical (unpaired) electrons. The minimum Gasteiger partial charge on any atom is -0.416 e. The molecule has 0 aliphatic rings. The Labute approximate surface area is 217 Å². The van der Waals surface area contributed by atoms with Crippen LogP contribution in [0, 0.1) is 0 Å². The van der Waals surface area contributed by atoms with Crippen molar-refractivity contribution in [2.24, 2.45) is 0 Å². The maximum Gasteiger partial charge on any atom is 0.252 e. The summed E-state index contributed by atoms with van der Waals surface area (Å²) < 4.78 is 30.7. The Morgan fingerprint density at radius 3 is 2.31 bits per heavy atom. The molecule has 1 N–H and O–H groups in total. The summed E-state index contributed by atoms with van der Waals surface area (Å²) in [5.74, 6) is -0.545. The summed E-state index contributed by atoms with van der Waals surface area (Å²) in [6.07, 6.45) is 3.90. The average molecular weight is 555 g/mol. The van der Waals surface area contributed by atoms with Crippen molar-refractivity contribution in [1.29, 1.82) is 0 Å². The van der Waals surface area contributed by atoms with Gasteiger partial charge in [-0.1, -0.05) is 44.0 Å². The highest BCUT2D eigenvalue weighted by Crippen LogP contribution is 2.39. The molecule has 3 aromatic rings. The molecule has 188 valence electrons. The number of aromatic amines is 1. The number of hydrogen-bond donors (Lipinski definition) is 1. The fourth-order valence-corrected chi connectivity index (χ4v) is 5.44. The summed E-state index contributed by atoms with van der Waals surface area (Å²) in [6.45, 7) is 10.9. The van der Waals surface area contributed by atoms with E-state index < -0.39 is 24.1 Å². The minimum absolute atomic E-state index is 0.0491. The highest BCUT2D eigenvalue weighted by Gasteiger charge is 2.38. The number of rotatable bonds is 7. The zero-order valence-electron chi connectivity index (χ0n) is 20.5. The zero-order valence-corrected chi connectivity index (χ0v) is 23.8. The summed E-state index contributed by atoms with van der Waals surface area (Å²) >= 11 is 12.6. The van der Waals surface area contributed by atoms with Gasteiger partial charge in [0.1, 0.15) is 0 Å². The third-order valence-corrected chi connectivity index (χ3v) is 12.1. The van der Waals surface area contributed by atoms with E-state index in [2.05, 4.69) is 48.8 Å². The van der Waals surface area contributed by atoms with Gasteiger partial charge < -0.3 is 9.41 Å². The van der Waals surface area contributed by atoms with E-state index in [1.165, 1.54) is 12.4 Å². The Morgan fingerprint density at radius 1 is 1.11 bits per heavy atom. The van der Waals surface area contributed by atoms with E-state index in [-0.39, 0.29) is 22.4 Å². The molecule has 7 nitrogen and oxygen atoms in total. The Morgan fingerprint density at radius 2 is 1.74 bits per heavy atom. The molecular weight excluding hydrogens is 525 g/mol. The lowest BCUT2D eigenvalue weighted by Gasteiger charge is -2.37. The molecule has 0 spiro atoms. The minimum atomic E-state index is -3.65. The molecule has 2 heterocycles. The van der Waals surface area contributed by atoms with Crippen LogP contribution < -0.4 is 5.56 Å². The van der Waals surface area contributed by atoms with Crippen LogP contribution in [-0.2, 0) is 14.3 Å². The maximum atomic E-state index is 13.3. The monoisotopic (exact) mass is 553 g/mol. The lowest BCUT2D eigenvalue weighted by atomic mass is 9.88. The molecular formula is C24H29Cl2N3O4SSi. The second-order valence-electron chi connectivity index (χ2n) is 9.96.